The monoisotopic (exact) mass is 398 g/mol. The van der Waals surface area contributed by atoms with Crippen LogP contribution >= 0.6 is 24.0 Å². The molecule has 7 heteroatoms. The van der Waals surface area contributed by atoms with E-state index in [-0.39, 0.29) is 30.5 Å². The summed E-state index contributed by atoms with van der Waals surface area (Å²) in [6, 6.07) is 14.3. The van der Waals surface area contributed by atoms with E-state index in [0.29, 0.717) is 14.9 Å². The van der Waals surface area contributed by atoms with Gasteiger partial charge in [0, 0.05) is 13.0 Å². The third-order valence-corrected chi connectivity index (χ3v) is 5.37. The molecular formula is C20H18N2O3S2. The van der Waals surface area contributed by atoms with Gasteiger partial charge in [0.25, 0.3) is 5.91 Å². The number of aryl methyl sites for hydroxylation is 1. The molecule has 0 spiro atoms. The number of phenols is 1. The van der Waals surface area contributed by atoms with Crippen LogP contribution in [0.1, 0.15) is 17.5 Å². The smallest absolute Gasteiger partial charge is 0.266 e. The number of amides is 2. The average Bonchev–Trinajstić information content (AvgIpc) is 2.90. The highest BCUT2D eigenvalue weighted by atomic mass is 32.2. The first-order valence-corrected chi connectivity index (χ1v) is 9.56. The minimum Gasteiger partial charge on any atom is -0.506 e. The third kappa shape index (κ3) is 4.75. The van der Waals surface area contributed by atoms with Gasteiger partial charge in [-0.3, -0.25) is 14.5 Å². The number of carbonyl (C=O) groups excluding carboxylic acids is 2. The van der Waals surface area contributed by atoms with Crippen molar-refractivity contribution < 1.29 is 14.7 Å². The van der Waals surface area contributed by atoms with Crippen LogP contribution in [0.3, 0.4) is 0 Å². The molecule has 0 atom stereocenters. The van der Waals surface area contributed by atoms with Gasteiger partial charge in [0.1, 0.15) is 10.1 Å². The van der Waals surface area contributed by atoms with E-state index in [9.17, 15) is 14.7 Å². The van der Waals surface area contributed by atoms with Gasteiger partial charge in [-0.25, -0.2) is 0 Å². The Balaban J connectivity index is 1.61. The highest BCUT2D eigenvalue weighted by Gasteiger charge is 2.32. The van der Waals surface area contributed by atoms with Gasteiger partial charge < -0.3 is 10.4 Å². The number of anilines is 1. The van der Waals surface area contributed by atoms with Crippen molar-refractivity contribution in [2.24, 2.45) is 0 Å². The summed E-state index contributed by atoms with van der Waals surface area (Å²) >= 11 is 6.53. The molecule has 2 aromatic carbocycles. The number of thiocarbonyl (C=S) groups is 1. The van der Waals surface area contributed by atoms with Crippen molar-refractivity contribution >= 4 is 51.9 Å². The van der Waals surface area contributed by atoms with Crippen LogP contribution in [0.2, 0.25) is 0 Å². The maximum absolute atomic E-state index is 12.6. The topological polar surface area (TPSA) is 69.6 Å². The zero-order valence-electron chi connectivity index (χ0n) is 14.6. The summed E-state index contributed by atoms with van der Waals surface area (Å²) in [5.74, 6) is -0.494. The molecule has 1 heterocycles. The van der Waals surface area contributed by atoms with Crippen molar-refractivity contribution in [3.05, 3.63) is 64.6 Å². The maximum atomic E-state index is 12.6. The summed E-state index contributed by atoms with van der Waals surface area (Å²) < 4.78 is 0.439. The lowest BCUT2D eigenvalue weighted by atomic mass is 10.1. The van der Waals surface area contributed by atoms with E-state index in [2.05, 4.69) is 5.32 Å². The fourth-order valence-corrected chi connectivity index (χ4v) is 3.82. The highest BCUT2D eigenvalue weighted by molar-refractivity contribution is 8.26. The van der Waals surface area contributed by atoms with Crippen LogP contribution in [0, 0.1) is 6.92 Å². The van der Waals surface area contributed by atoms with E-state index in [0.717, 1.165) is 11.1 Å². The molecule has 27 heavy (non-hydrogen) atoms. The molecule has 138 valence electrons. The normalized spacial score (nSPS) is 15.4. The van der Waals surface area contributed by atoms with Crippen LogP contribution in [0.4, 0.5) is 5.69 Å². The summed E-state index contributed by atoms with van der Waals surface area (Å²) in [5.41, 5.74) is 2.42. The van der Waals surface area contributed by atoms with Gasteiger partial charge in [0.05, 0.1) is 10.6 Å². The molecule has 1 aliphatic heterocycles. The number of benzene rings is 2. The average molecular weight is 399 g/mol. The Kier molecular flexibility index (Phi) is 5.93. The predicted octanol–water partition coefficient (Wildman–Crippen LogP) is 3.93. The lowest BCUT2D eigenvalue weighted by molar-refractivity contribution is -0.122. The van der Waals surface area contributed by atoms with Crippen molar-refractivity contribution in [1.82, 2.24) is 4.90 Å². The van der Waals surface area contributed by atoms with Gasteiger partial charge in [-0.05, 0) is 30.7 Å². The van der Waals surface area contributed by atoms with E-state index in [1.165, 1.54) is 22.7 Å². The molecule has 2 aromatic rings. The predicted molar refractivity (Wildman–Crippen MR) is 112 cm³/mol. The summed E-state index contributed by atoms with van der Waals surface area (Å²) in [6.07, 6.45) is 1.89. The van der Waals surface area contributed by atoms with Crippen LogP contribution in [0.15, 0.2) is 53.4 Å². The SMILES string of the molecule is Cc1ccc(/C=C2/SC(=S)N(CCC(=O)Nc3ccccc3O)C2=O)cc1. The Morgan fingerprint density at radius 2 is 1.93 bits per heavy atom. The van der Waals surface area contributed by atoms with E-state index in [4.69, 9.17) is 12.2 Å². The van der Waals surface area contributed by atoms with Crippen LogP contribution in [-0.4, -0.2) is 32.7 Å². The zero-order chi connectivity index (χ0) is 19.4. The van der Waals surface area contributed by atoms with Crippen molar-refractivity contribution in [3.8, 4) is 5.75 Å². The van der Waals surface area contributed by atoms with Crippen molar-refractivity contribution in [2.45, 2.75) is 13.3 Å². The van der Waals surface area contributed by atoms with Gasteiger partial charge in [-0.1, -0.05) is 65.9 Å². The van der Waals surface area contributed by atoms with Crippen molar-refractivity contribution in [1.29, 1.82) is 0 Å². The van der Waals surface area contributed by atoms with Gasteiger partial charge in [0.2, 0.25) is 5.91 Å². The largest absolute Gasteiger partial charge is 0.506 e. The second-order valence-corrected chi connectivity index (χ2v) is 7.74. The van der Waals surface area contributed by atoms with E-state index < -0.39 is 0 Å². The highest BCUT2D eigenvalue weighted by Crippen LogP contribution is 2.32. The van der Waals surface area contributed by atoms with Gasteiger partial charge in [-0.2, -0.15) is 0 Å². The number of hydrogen-bond donors (Lipinski definition) is 2. The summed E-state index contributed by atoms with van der Waals surface area (Å²) in [7, 11) is 0. The molecule has 0 unspecified atom stereocenters. The number of hydrogen-bond acceptors (Lipinski definition) is 5. The molecule has 0 bridgehead atoms. The van der Waals surface area contributed by atoms with Crippen molar-refractivity contribution in [3.63, 3.8) is 0 Å². The Labute approximate surface area is 167 Å². The van der Waals surface area contributed by atoms with Crippen LogP contribution in [0.25, 0.3) is 6.08 Å². The molecule has 0 saturated carbocycles. The molecule has 1 saturated heterocycles. The standard InChI is InChI=1S/C20H18N2O3S2/c1-13-6-8-14(9-7-13)12-17-19(25)22(20(26)27-17)11-10-18(24)21-15-4-2-3-5-16(15)23/h2-9,12,23H,10-11H2,1H3,(H,21,24)/b17-12+. The quantitative estimate of drug-likeness (QED) is 0.454. The number of aromatic hydroxyl groups is 1. The number of nitrogens with zero attached hydrogens (tertiary/aromatic N) is 1. The first kappa shape index (κ1) is 19.1. The fraction of sp³-hybridized carbons (Fsp3) is 0.150. The molecule has 0 aromatic heterocycles. The number of carbonyl (C=O) groups is 2. The van der Waals surface area contributed by atoms with Crippen molar-refractivity contribution in [2.75, 3.05) is 11.9 Å². The molecule has 3 rings (SSSR count). The Morgan fingerprint density at radius 1 is 1.22 bits per heavy atom. The summed E-state index contributed by atoms with van der Waals surface area (Å²) in [4.78, 5) is 26.7. The lowest BCUT2D eigenvalue weighted by Gasteiger charge is -2.14. The minimum atomic E-state index is -0.298. The second-order valence-electron chi connectivity index (χ2n) is 6.06. The second kappa shape index (κ2) is 8.37. The van der Waals surface area contributed by atoms with Gasteiger partial charge in [-0.15, -0.1) is 0 Å². The summed E-state index contributed by atoms with van der Waals surface area (Å²) in [6.45, 7) is 2.19. The van der Waals surface area contributed by atoms with Gasteiger partial charge >= 0.3 is 0 Å². The zero-order valence-corrected chi connectivity index (χ0v) is 16.3. The number of phenolic OH excluding ortho intramolecular Hbond substituents is 1. The Bertz CT molecular complexity index is 923. The maximum Gasteiger partial charge on any atom is 0.266 e. The number of para-hydroxylation sites is 2. The molecule has 1 aliphatic rings. The van der Waals surface area contributed by atoms with Crippen LogP contribution in [-0.2, 0) is 9.59 Å². The Hall–Kier alpha value is -2.64. The summed E-state index contributed by atoms with van der Waals surface area (Å²) in [5, 5.41) is 12.3. The first-order valence-electron chi connectivity index (χ1n) is 8.34. The third-order valence-electron chi connectivity index (χ3n) is 3.99. The Morgan fingerprint density at radius 3 is 2.63 bits per heavy atom. The molecule has 5 nitrogen and oxygen atoms in total. The molecule has 2 amide bonds. The van der Waals surface area contributed by atoms with E-state index >= 15 is 0 Å². The molecular weight excluding hydrogens is 380 g/mol. The van der Waals surface area contributed by atoms with E-state index in [1.807, 2.05) is 31.2 Å². The van der Waals surface area contributed by atoms with E-state index in [1.54, 1.807) is 24.3 Å². The molecule has 2 N–H and O–H groups in total. The molecule has 0 aliphatic carbocycles. The first-order chi connectivity index (χ1) is 12.9. The molecule has 1 fully saturated rings. The van der Waals surface area contributed by atoms with Crippen LogP contribution in [0.5, 0.6) is 5.75 Å². The number of rotatable bonds is 5. The number of nitrogens with one attached hydrogen (secondary N) is 1. The lowest BCUT2D eigenvalue weighted by Crippen LogP contribution is -2.31. The fourth-order valence-electron chi connectivity index (χ4n) is 2.51. The van der Waals surface area contributed by atoms with Gasteiger partial charge in [0.15, 0.2) is 0 Å². The van der Waals surface area contributed by atoms with Crippen LogP contribution < -0.4 is 5.32 Å². The molecule has 0 radical (unpaired) electrons. The minimum absolute atomic E-state index is 0.00232. The number of thioether (sulfide) groups is 1.